The van der Waals surface area contributed by atoms with Crippen LogP contribution in [0.25, 0.3) is 0 Å². The molecule has 1 aromatic carbocycles. The fourth-order valence-electron chi connectivity index (χ4n) is 1.35. The number of anilines is 1. The molecule has 0 fully saturated rings. The van der Waals surface area contributed by atoms with Gasteiger partial charge >= 0.3 is 6.01 Å². The average Bonchev–Trinajstić information content (AvgIpc) is 2.80. The third-order valence-electron chi connectivity index (χ3n) is 2.17. The Hall–Kier alpha value is -1.96. The number of hydrogen-bond acceptors (Lipinski definition) is 4. The Morgan fingerprint density at radius 3 is 3.11 bits per heavy atom. The monoisotopic (exact) mass is 328 g/mol. The fourth-order valence-corrected chi connectivity index (χ4v) is 1.72. The SMILES string of the molecule is CCOc1n[nH]c(NC(=O)c2cccc(Br)c2F)n1. The Labute approximate surface area is 116 Å². The number of halogens is 2. The maximum atomic E-state index is 13.7. The maximum Gasteiger partial charge on any atom is 0.337 e. The van der Waals surface area contributed by atoms with Crippen LogP contribution in [0.3, 0.4) is 0 Å². The van der Waals surface area contributed by atoms with Crippen LogP contribution in [-0.4, -0.2) is 27.7 Å². The van der Waals surface area contributed by atoms with Crippen LogP contribution in [0.2, 0.25) is 0 Å². The molecule has 19 heavy (non-hydrogen) atoms. The Balaban J connectivity index is 2.14. The second-order valence-electron chi connectivity index (χ2n) is 3.46. The molecule has 0 aliphatic rings. The number of H-pyrrole nitrogens is 1. The van der Waals surface area contributed by atoms with E-state index in [4.69, 9.17) is 4.74 Å². The van der Waals surface area contributed by atoms with Gasteiger partial charge in [0.1, 0.15) is 5.82 Å². The van der Waals surface area contributed by atoms with Gasteiger partial charge in [0, 0.05) is 0 Å². The molecule has 0 aliphatic heterocycles. The third-order valence-corrected chi connectivity index (χ3v) is 2.78. The number of nitrogens with one attached hydrogen (secondary N) is 2. The first-order valence-corrected chi connectivity index (χ1v) is 6.21. The first-order valence-electron chi connectivity index (χ1n) is 5.42. The summed E-state index contributed by atoms with van der Waals surface area (Å²) in [6.07, 6.45) is 0. The molecule has 6 nitrogen and oxygen atoms in total. The van der Waals surface area contributed by atoms with Crippen molar-refractivity contribution in [2.75, 3.05) is 11.9 Å². The summed E-state index contributed by atoms with van der Waals surface area (Å²) < 4.78 is 18.9. The van der Waals surface area contributed by atoms with E-state index >= 15 is 0 Å². The standard InChI is InChI=1S/C11H10BrFN4O2/c1-2-19-11-15-10(16-17-11)14-9(18)6-4-3-5-7(12)8(6)13/h3-5H,2H2,1H3,(H2,14,15,16,17,18). The second-order valence-corrected chi connectivity index (χ2v) is 4.31. The van der Waals surface area contributed by atoms with Gasteiger partial charge in [-0.05, 0) is 35.0 Å². The molecule has 2 N–H and O–H groups in total. The number of nitrogens with zero attached hydrogens (tertiary/aromatic N) is 2. The van der Waals surface area contributed by atoms with E-state index in [2.05, 4.69) is 36.4 Å². The van der Waals surface area contributed by atoms with Crippen molar-refractivity contribution in [3.05, 3.63) is 34.1 Å². The van der Waals surface area contributed by atoms with E-state index in [1.807, 2.05) is 0 Å². The zero-order valence-electron chi connectivity index (χ0n) is 9.91. The van der Waals surface area contributed by atoms with Crippen LogP contribution in [-0.2, 0) is 0 Å². The summed E-state index contributed by atoms with van der Waals surface area (Å²) in [5, 5.41) is 8.59. The fraction of sp³-hybridized carbons (Fsp3) is 0.182. The predicted molar refractivity (Wildman–Crippen MR) is 69.6 cm³/mol. The summed E-state index contributed by atoms with van der Waals surface area (Å²) in [6.45, 7) is 2.19. The molecule has 2 aromatic rings. The van der Waals surface area contributed by atoms with Crippen LogP contribution in [0, 0.1) is 5.82 Å². The maximum absolute atomic E-state index is 13.7. The molecule has 1 aromatic heterocycles. The zero-order valence-corrected chi connectivity index (χ0v) is 11.5. The van der Waals surface area contributed by atoms with E-state index in [-0.39, 0.29) is 22.0 Å². The summed E-state index contributed by atoms with van der Waals surface area (Å²) in [7, 11) is 0. The number of aromatic nitrogens is 3. The lowest BCUT2D eigenvalue weighted by molar-refractivity contribution is 0.102. The van der Waals surface area contributed by atoms with Gasteiger partial charge < -0.3 is 4.74 Å². The van der Waals surface area contributed by atoms with Crippen LogP contribution in [0.4, 0.5) is 10.3 Å². The molecular weight excluding hydrogens is 319 g/mol. The number of carbonyl (C=O) groups excluding carboxylic acids is 1. The highest BCUT2D eigenvalue weighted by atomic mass is 79.9. The number of amides is 1. The smallest absolute Gasteiger partial charge is 0.337 e. The summed E-state index contributed by atoms with van der Waals surface area (Å²) in [5.41, 5.74) is -0.0938. The molecule has 0 atom stereocenters. The molecule has 0 saturated carbocycles. The summed E-state index contributed by atoms with van der Waals surface area (Å²) >= 11 is 3.01. The minimum Gasteiger partial charge on any atom is -0.463 e. The van der Waals surface area contributed by atoms with Gasteiger partial charge in [-0.1, -0.05) is 6.07 Å². The number of carbonyl (C=O) groups is 1. The van der Waals surface area contributed by atoms with Crippen molar-refractivity contribution in [3.8, 4) is 6.01 Å². The molecule has 1 heterocycles. The first kappa shape index (κ1) is 13.5. The third kappa shape index (κ3) is 3.08. The van der Waals surface area contributed by atoms with Gasteiger partial charge in [-0.2, -0.15) is 4.98 Å². The Morgan fingerprint density at radius 2 is 2.37 bits per heavy atom. The zero-order chi connectivity index (χ0) is 13.8. The van der Waals surface area contributed by atoms with E-state index in [1.165, 1.54) is 12.1 Å². The Bertz CT molecular complexity index is 602. The second kappa shape index (κ2) is 5.79. The highest BCUT2D eigenvalue weighted by Crippen LogP contribution is 2.19. The number of ether oxygens (including phenoxy) is 1. The van der Waals surface area contributed by atoms with Crippen molar-refractivity contribution in [2.45, 2.75) is 6.92 Å². The normalized spacial score (nSPS) is 10.3. The topological polar surface area (TPSA) is 79.9 Å². The molecule has 100 valence electrons. The number of rotatable bonds is 4. The number of aromatic amines is 1. The average molecular weight is 329 g/mol. The molecule has 0 spiro atoms. The Morgan fingerprint density at radius 1 is 1.58 bits per heavy atom. The quantitative estimate of drug-likeness (QED) is 0.902. The molecule has 0 bridgehead atoms. The van der Waals surface area contributed by atoms with Gasteiger partial charge in [-0.3, -0.25) is 10.1 Å². The van der Waals surface area contributed by atoms with Gasteiger partial charge in [-0.25, -0.2) is 9.49 Å². The molecule has 0 unspecified atom stereocenters. The van der Waals surface area contributed by atoms with Crippen molar-refractivity contribution >= 4 is 27.8 Å². The Kier molecular flexibility index (Phi) is 4.10. The first-order chi connectivity index (χ1) is 9.11. The van der Waals surface area contributed by atoms with E-state index in [1.54, 1.807) is 13.0 Å². The number of benzene rings is 1. The predicted octanol–water partition coefficient (Wildman–Crippen LogP) is 2.36. The van der Waals surface area contributed by atoms with Gasteiger partial charge in [0.15, 0.2) is 0 Å². The van der Waals surface area contributed by atoms with Crippen LogP contribution in [0.1, 0.15) is 17.3 Å². The summed E-state index contributed by atoms with van der Waals surface area (Å²) in [5.74, 6) is -1.17. The molecular formula is C11H10BrFN4O2. The van der Waals surface area contributed by atoms with Crippen molar-refractivity contribution in [1.82, 2.24) is 15.2 Å². The van der Waals surface area contributed by atoms with E-state index < -0.39 is 11.7 Å². The van der Waals surface area contributed by atoms with Gasteiger partial charge in [0.05, 0.1) is 16.6 Å². The summed E-state index contributed by atoms with van der Waals surface area (Å²) in [4.78, 5) is 15.7. The van der Waals surface area contributed by atoms with E-state index in [0.29, 0.717) is 6.61 Å². The van der Waals surface area contributed by atoms with Crippen LogP contribution < -0.4 is 10.1 Å². The molecule has 0 radical (unpaired) electrons. The highest BCUT2D eigenvalue weighted by molar-refractivity contribution is 9.10. The summed E-state index contributed by atoms with van der Waals surface area (Å²) in [6, 6.07) is 4.56. The van der Waals surface area contributed by atoms with Crippen molar-refractivity contribution in [2.24, 2.45) is 0 Å². The van der Waals surface area contributed by atoms with E-state index in [9.17, 15) is 9.18 Å². The molecule has 2 rings (SSSR count). The van der Waals surface area contributed by atoms with Crippen molar-refractivity contribution in [1.29, 1.82) is 0 Å². The van der Waals surface area contributed by atoms with E-state index in [0.717, 1.165) is 0 Å². The molecule has 0 aliphatic carbocycles. The van der Waals surface area contributed by atoms with Crippen LogP contribution >= 0.6 is 15.9 Å². The minimum atomic E-state index is -0.635. The lowest BCUT2D eigenvalue weighted by Gasteiger charge is -2.03. The molecule has 1 amide bonds. The lowest BCUT2D eigenvalue weighted by atomic mass is 10.2. The largest absolute Gasteiger partial charge is 0.463 e. The lowest BCUT2D eigenvalue weighted by Crippen LogP contribution is -2.15. The highest BCUT2D eigenvalue weighted by Gasteiger charge is 2.15. The van der Waals surface area contributed by atoms with Crippen molar-refractivity contribution in [3.63, 3.8) is 0 Å². The van der Waals surface area contributed by atoms with Gasteiger partial charge in [0.2, 0.25) is 5.95 Å². The van der Waals surface area contributed by atoms with Crippen LogP contribution in [0.15, 0.2) is 22.7 Å². The van der Waals surface area contributed by atoms with Crippen LogP contribution in [0.5, 0.6) is 6.01 Å². The minimum absolute atomic E-state index is 0.0906. The van der Waals surface area contributed by atoms with Gasteiger partial charge in [0.25, 0.3) is 5.91 Å². The van der Waals surface area contributed by atoms with Crippen molar-refractivity contribution < 1.29 is 13.9 Å². The number of hydrogen-bond donors (Lipinski definition) is 2. The van der Waals surface area contributed by atoms with Gasteiger partial charge in [-0.15, -0.1) is 5.10 Å². The molecule has 0 saturated heterocycles. The molecule has 8 heteroatoms.